The molecule has 3 rings (SSSR count). The van der Waals surface area contributed by atoms with E-state index in [4.69, 9.17) is 8.83 Å². The third-order valence-corrected chi connectivity index (χ3v) is 3.74. The van der Waals surface area contributed by atoms with Gasteiger partial charge in [-0.1, -0.05) is 23.9 Å². The van der Waals surface area contributed by atoms with Crippen LogP contribution in [0, 0.1) is 5.82 Å². The van der Waals surface area contributed by atoms with Crippen molar-refractivity contribution in [2.75, 3.05) is 7.11 Å². The zero-order chi connectivity index (χ0) is 16.2. The van der Waals surface area contributed by atoms with Gasteiger partial charge in [-0.25, -0.2) is 9.18 Å². The molecule has 0 saturated heterocycles. The summed E-state index contributed by atoms with van der Waals surface area (Å²) in [5.74, 6) is 0.208. The van der Waals surface area contributed by atoms with Crippen LogP contribution in [-0.4, -0.2) is 23.3 Å². The number of halogens is 1. The summed E-state index contributed by atoms with van der Waals surface area (Å²) in [4.78, 5) is 11.3. The van der Waals surface area contributed by atoms with Crippen LogP contribution in [0.2, 0.25) is 0 Å². The molecule has 6 nitrogen and oxygen atoms in total. The molecule has 0 aliphatic rings. The van der Waals surface area contributed by atoms with Gasteiger partial charge < -0.3 is 13.6 Å². The van der Waals surface area contributed by atoms with Gasteiger partial charge in [0, 0.05) is 0 Å². The van der Waals surface area contributed by atoms with Crippen LogP contribution in [-0.2, 0) is 10.5 Å². The van der Waals surface area contributed by atoms with Crippen molar-refractivity contribution in [1.82, 2.24) is 10.2 Å². The molecule has 8 heteroatoms. The third-order valence-electron chi connectivity index (χ3n) is 2.90. The standard InChI is InChI=1S/C15H11FN2O4S/c1-20-14(19)12-7-6-9(21-12)8-23-15-18-17-13(22-15)10-4-2-3-5-11(10)16/h2-7H,8H2,1H3. The Morgan fingerprint density at radius 1 is 1.22 bits per heavy atom. The lowest BCUT2D eigenvalue weighted by molar-refractivity contribution is 0.0563. The van der Waals surface area contributed by atoms with Gasteiger partial charge >= 0.3 is 5.97 Å². The maximum absolute atomic E-state index is 13.7. The normalized spacial score (nSPS) is 10.7. The van der Waals surface area contributed by atoms with Gasteiger partial charge in [0.1, 0.15) is 11.6 Å². The van der Waals surface area contributed by atoms with E-state index in [0.717, 1.165) is 0 Å². The number of aromatic nitrogens is 2. The predicted octanol–water partition coefficient (Wildman–Crippen LogP) is 3.55. The molecule has 0 fully saturated rings. The summed E-state index contributed by atoms with van der Waals surface area (Å²) in [5, 5.41) is 7.95. The van der Waals surface area contributed by atoms with Crippen LogP contribution in [0.3, 0.4) is 0 Å². The minimum Gasteiger partial charge on any atom is -0.463 e. The number of esters is 1. The minimum absolute atomic E-state index is 0.111. The van der Waals surface area contributed by atoms with Crippen LogP contribution in [0.5, 0.6) is 0 Å². The maximum Gasteiger partial charge on any atom is 0.373 e. The van der Waals surface area contributed by atoms with Crippen molar-refractivity contribution < 1.29 is 22.8 Å². The second-order valence-electron chi connectivity index (χ2n) is 4.40. The zero-order valence-corrected chi connectivity index (χ0v) is 12.8. The van der Waals surface area contributed by atoms with Gasteiger partial charge in [0.15, 0.2) is 0 Å². The summed E-state index contributed by atoms with van der Waals surface area (Å²) in [7, 11) is 1.28. The average Bonchev–Trinajstić information content (AvgIpc) is 3.22. The molecule has 0 atom stereocenters. The van der Waals surface area contributed by atoms with E-state index < -0.39 is 11.8 Å². The van der Waals surface area contributed by atoms with Crippen molar-refractivity contribution >= 4 is 17.7 Å². The summed E-state index contributed by atoms with van der Waals surface area (Å²) < 4.78 is 29.0. The number of thioether (sulfide) groups is 1. The van der Waals surface area contributed by atoms with E-state index in [1.807, 2.05) is 0 Å². The molecule has 0 aliphatic carbocycles. The molecule has 0 amide bonds. The fourth-order valence-corrected chi connectivity index (χ4v) is 2.47. The lowest BCUT2D eigenvalue weighted by Crippen LogP contribution is -1.98. The van der Waals surface area contributed by atoms with Crippen LogP contribution < -0.4 is 0 Å². The third kappa shape index (κ3) is 3.42. The van der Waals surface area contributed by atoms with E-state index in [1.165, 1.54) is 31.0 Å². The highest BCUT2D eigenvalue weighted by atomic mass is 32.2. The number of methoxy groups -OCH3 is 1. The summed E-state index contributed by atoms with van der Waals surface area (Å²) in [5.41, 5.74) is 0.248. The quantitative estimate of drug-likeness (QED) is 0.521. The van der Waals surface area contributed by atoms with E-state index in [0.29, 0.717) is 11.5 Å². The summed E-state index contributed by atoms with van der Waals surface area (Å²) >= 11 is 1.22. The number of hydrogen-bond acceptors (Lipinski definition) is 7. The number of furan rings is 1. The topological polar surface area (TPSA) is 78.4 Å². The summed E-state index contributed by atoms with van der Waals surface area (Å²) in [6.07, 6.45) is 0. The number of ether oxygens (including phenoxy) is 1. The van der Waals surface area contributed by atoms with Gasteiger partial charge in [-0.05, 0) is 24.3 Å². The minimum atomic E-state index is -0.541. The lowest BCUT2D eigenvalue weighted by atomic mass is 10.2. The van der Waals surface area contributed by atoms with Crippen molar-refractivity contribution in [1.29, 1.82) is 0 Å². The number of benzene rings is 1. The number of nitrogens with zero attached hydrogens (tertiary/aromatic N) is 2. The van der Waals surface area contributed by atoms with Crippen LogP contribution in [0.15, 0.2) is 50.5 Å². The van der Waals surface area contributed by atoms with Crippen LogP contribution >= 0.6 is 11.8 Å². The van der Waals surface area contributed by atoms with E-state index in [1.54, 1.807) is 24.3 Å². The van der Waals surface area contributed by atoms with E-state index in [9.17, 15) is 9.18 Å². The van der Waals surface area contributed by atoms with Gasteiger partial charge in [0.25, 0.3) is 11.1 Å². The number of carbonyl (C=O) groups is 1. The van der Waals surface area contributed by atoms with E-state index in [2.05, 4.69) is 14.9 Å². The van der Waals surface area contributed by atoms with Gasteiger partial charge in [-0.15, -0.1) is 10.2 Å². The Hall–Kier alpha value is -2.61. The molecule has 0 spiro atoms. The fourth-order valence-electron chi connectivity index (χ4n) is 1.81. The monoisotopic (exact) mass is 334 g/mol. The van der Waals surface area contributed by atoms with Crippen molar-refractivity contribution in [2.24, 2.45) is 0 Å². The highest BCUT2D eigenvalue weighted by Crippen LogP contribution is 2.27. The SMILES string of the molecule is COC(=O)c1ccc(CSc2nnc(-c3ccccc3F)o2)o1. The Bertz CT molecular complexity index is 830. The Balaban J connectivity index is 1.67. The Kier molecular flexibility index (Phi) is 4.42. The Morgan fingerprint density at radius 3 is 2.83 bits per heavy atom. The Morgan fingerprint density at radius 2 is 2.04 bits per heavy atom. The molecule has 2 aromatic heterocycles. The largest absolute Gasteiger partial charge is 0.463 e. The second-order valence-corrected chi connectivity index (χ2v) is 5.33. The number of rotatable bonds is 5. The highest BCUT2D eigenvalue weighted by Gasteiger charge is 2.15. The molecular formula is C15H11FN2O4S. The molecule has 2 heterocycles. The molecule has 0 radical (unpaired) electrons. The first-order valence-corrected chi connectivity index (χ1v) is 7.54. The fraction of sp³-hybridized carbons (Fsp3) is 0.133. The molecule has 1 aromatic carbocycles. The molecule has 23 heavy (non-hydrogen) atoms. The molecular weight excluding hydrogens is 323 g/mol. The van der Waals surface area contributed by atoms with Gasteiger partial charge in [0.2, 0.25) is 5.76 Å². The van der Waals surface area contributed by atoms with E-state index in [-0.39, 0.29) is 22.4 Å². The molecule has 0 aliphatic heterocycles. The molecule has 3 aromatic rings. The zero-order valence-electron chi connectivity index (χ0n) is 12.0. The predicted molar refractivity (Wildman–Crippen MR) is 79.3 cm³/mol. The smallest absolute Gasteiger partial charge is 0.373 e. The molecule has 0 unspecified atom stereocenters. The Labute approximate surface area is 134 Å². The van der Waals surface area contributed by atoms with Gasteiger partial charge in [-0.3, -0.25) is 0 Å². The summed E-state index contributed by atoms with van der Waals surface area (Å²) in [6.45, 7) is 0. The van der Waals surface area contributed by atoms with Crippen LogP contribution in [0.1, 0.15) is 16.3 Å². The first kappa shape index (κ1) is 15.3. The maximum atomic E-state index is 13.7. The van der Waals surface area contributed by atoms with Crippen molar-refractivity contribution in [2.45, 2.75) is 11.0 Å². The van der Waals surface area contributed by atoms with E-state index >= 15 is 0 Å². The second kappa shape index (κ2) is 6.66. The van der Waals surface area contributed by atoms with Crippen molar-refractivity contribution in [3.8, 4) is 11.5 Å². The lowest BCUT2D eigenvalue weighted by Gasteiger charge is -1.96. The molecule has 0 N–H and O–H groups in total. The first-order valence-electron chi connectivity index (χ1n) is 6.55. The number of hydrogen-bond donors (Lipinski definition) is 0. The average molecular weight is 334 g/mol. The van der Waals surface area contributed by atoms with Crippen molar-refractivity contribution in [3.05, 3.63) is 53.7 Å². The molecule has 118 valence electrons. The van der Waals surface area contributed by atoms with Gasteiger partial charge in [0.05, 0.1) is 18.4 Å². The first-order chi connectivity index (χ1) is 11.2. The van der Waals surface area contributed by atoms with Crippen molar-refractivity contribution in [3.63, 3.8) is 0 Å². The summed E-state index contributed by atoms with van der Waals surface area (Å²) in [6, 6.07) is 9.34. The van der Waals surface area contributed by atoms with Crippen LogP contribution in [0.4, 0.5) is 4.39 Å². The van der Waals surface area contributed by atoms with Crippen LogP contribution in [0.25, 0.3) is 11.5 Å². The number of carbonyl (C=O) groups excluding carboxylic acids is 1. The highest BCUT2D eigenvalue weighted by molar-refractivity contribution is 7.98. The van der Waals surface area contributed by atoms with Gasteiger partial charge in [-0.2, -0.15) is 0 Å². The molecule has 0 saturated carbocycles. The molecule has 0 bridgehead atoms.